The normalized spacial score (nSPS) is 10.5. The first-order valence-corrected chi connectivity index (χ1v) is 8.82. The smallest absolute Gasteiger partial charge is 0.360 e. The van der Waals surface area contributed by atoms with Gasteiger partial charge in [-0.3, -0.25) is 9.48 Å². The molecule has 3 rings (SSSR count). The van der Waals surface area contributed by atoms with Crippen molar-refractivity contribution in [2.24, 2.45) is 0 Å². The number of esters is 1. The standard InChI is InChI=1S/C19H18ClN3O5/c1-3-23-10-15(17(22-23)19(25)26-2)21-18(24)16-9-8-14(28-16)11-27-13-6-4-12(20)5-7-13/h4-10H,3,11H2,1-2H3,(H,21,24). The molecule has 0 unspecified atom stereocenters. The zero-order valence-corrected chi connectivity index (χ0v) is 16.0. The van der Waals surface area contributed by atoms with Gasteiger partial charge in [-0.25, -0.2) is 4.79 Å². The Morgan fingerprint density at radius 3 is 2.64 bits per heavy atom. The molecule has 9 heteroatoms. The Morgan fingerprint density at radius 1 is 1.21 bits per heavy atom. The fourth-order valence-electron chi connectivity index (χ4n) is 2.37. The number of furan rings is 1. The van der Waals surface area contributed by atoms with Gasteiger partial charge >= 0.3 is 5.97 Å². The number of ether oxygens (including phenoxy) is 2. The lowest BCUT2D eigenvalue weighted by Crippen LogP contribution is -2.14. The summed E-state index contributed by atoms with van der Waals surface area (Å²) in [5, 5.41) is 7.32. The van der Waals surface area contributed by atoms with Crippen LogP contribution >= 0.6 is 11.6 Å². The van der Waals surface area contributed by atoms with E-state index in [0.717, 1.165) is 0 Å². The van der Waals surface area contributed by atoms with Crippen molar-refractivity contribution >= 4 is 29.2 Å². The summed E-state index contributed by atoms with van der Waals surface area (Å²) in [7, 11) is 1.25. The van der Waals surface area contributed by atoms with Gasteiger partial charge < -0.3 is 19.2 Å². The molecule has 0 saturated carbocycles. The van der Waals surface area contributed by atoms with E-state index in [9.17, 15) is 9.59 Å². The van der Waals surface area contributed by atoms with Gasteiger partial charge in [-0.15, -0.1) is 0 Å². The SMILES string of the molecule is CCn1cc(NC(=O)c2ccc(COc3ccc(Cl)cc3)o2)c(C(=O)OC)n1. The van der Waals surface area contributed by atoms with Gasteiger partial charge in [0.15, 0.2) is 11.5 Å². The molecule has 28 heavy (non-hydrogen) atoms. The summed E-state index contributed by atoms with van der Waals surface area (Å²) in [5.74, 6) is 0.0198. The second kappa shape index (κ2) is 8.62. The van der Waals surface area contributed by atoms with Gasteiger partial charge in [-0.1, -0.05) is 11.6 Å². The van der Waals surface area contributed by atoms with Crippen LogP contribution in [-0.4, -0.2) is 28.8 Å². The maximum atomic E-state index is 12.5. The zero-order valence-electron chi connectivity index (χ0n) is 15.3. The summed E-state index contributed by atoms with van der Waals surface area (Å²) in [6.45, 7) is 2.54. The average Bonchev–Trinajstić information content (AvgIpc) is 3.34. The Kier molecular flexibility index (Phi) is 6.00. The molecule has 2 aromatic heterocycles. The van der Waals surface area contributed by atoms with Crippen molar-refractivity contribution in [3.8, 4) is 5.75 Å². The molecule has 0 aliphatic heterocycles. The first kappa shape index (κ1) is 19.5. The van der Waals surface area contributed by atoms with E-state index in [4.69, 9.17) is 25.5 Å². The zero-order chi connectivity index (χ0) is 20.1. The predicted molar refractivity (Wildman–Crippen MR) is 102 cm³/mol. The number of hydrogen-bond acceptors (Lipinski definition) is 6. The molecule has 0 aliphatic rings. The number of aromatic nitrogens is 2. The van der Waals surface area contributed by atoms with Crippen molar-refractivity contribution in [1.82, 2.24) is 9.78 Å². The largest absolute Gasteiger partial charge is 0.486 e. The number of nitrogens with zero attached hydrogens (tertiary/aromatic N) is 2. The first-order chi connectivity index (χ1) is 13.5. The van der Waals surface area contributed by atoms with Crippen LogP contribution in [0.15, 0.2) is 47.0 Å². The highest BCUT2D eigenvalue weighted by Gasteiger charge is 2.21. The maximum Gasteiger partial charge on any atom is 0.360 e. The molecule has 146 valence electrons. The van der Waals surface area contributed by atoms with Gasteiger partial charge in [-0.05, 0) is 43.3 Å². The lowest BCUT2D eigenvalue weighted by molar-refractivity contribution is 0.0594. The van der Waals surface area contributed by atoms with Crippen LogP contribution in [0.5, 0.6) is 5.75 Å². The number of nitrogens with one attached hydrogen (secondary N) is 1. The molecule has 2 heterocycles. The van der Waals surface area contributed by atoms with E-state index in [-0.39, 0.29) is 23.7 Å². The number of carbonyl (C=O) groups is 2. The Hall–Kier alpha value is -3.26. The van der Waals surface area contributed by atoms with Gasteiger partial charge in [-0.2, -0.15) is 5.10 Å². The van der Waals surface area contributed by atoms with Gasteiger partial charge in [0, 0.05) is 17.8 Å². The summed E-state index contributed by atoms with van der Waals surface area (Å²) >= 11 is 5.83. The third-order valence-electron chi connectivity index (χ3n) is 3.79. The minimum absolute atomic E-state index is 0.0237. The Labute approximate surface area is 166 Å². The minimum Gasteiger partial charge on any atom is -0.486 e. The minimum atomic E-state index is -0.640. The van der Waals surface area contributed by atoms with Gasteiger partial charge in [0.2, 0.25) is 0 Å². The second-order valence-electron chi connectivity index (χ2n) is 5.70. The summed E-state index contributed by atoms with van der Waals surface area (Å²) < 4.78 is 17.3. The molecular formula is C19H18ClN3O5. The maximum absolute atomic E-state index is 12.5. The van der Waals surface area contributed by atoms with Crippen LogP contribution in [0.4, 0.5) is 5.69 Å². The van der Waals surface area contributed by atoms with Crippen LogP contribution in [0, 0.1) is 0 Å². The number of halogens is 1. The molecule has 0 spiro atoms. The number of rotatable bonds is 7. The Balaban J connectivity index is 1.66. The molecule has 0 fully saturated rings. The predicted octanol–water partition coefficient (Wildman–Crippen LogP) is 3.77. The number of methoxy groups -OCH3 is 1. The van der Waals surface area contributed by atoms with Gasteiger partial charge in [0.1, 0.15) is 18.1 Å². The van der Waals surface area contributed by atoms with E-state index in [0.29, 0.717) is 23.1 Å². The van der Waals surface area contributed by atoms with Crippen LogP contribution in [0.2, 0.25) is 5.02 Å². The molecule has 0 aliphatic carbocycles. The van der Waals surface area contributed by atoms with E-state index in [2.05, 4.69) is 10.4 Å². The molecule has 8 nitrogen and oxygen atoms in total. The molecule has 0 saturated heterocycles. The summed E-state index contributed by atoms with van der Waals surface area (Å²) in [6, 6.07) is 10.1. The van der Waals surface area contributed by atoms with E-state index < -0.39 is 11.9 Å². The summed E-state index contributed by atoms with van der Waals surface area (Å²) in [6.07, 6.45) is 1.55. The summed E-state index contributed by atoms with van der Waals surface area (Å²) in [4.78, 5) is 24.3. The molecule has 0 bridgehead atoms. The van der Waals surface area contributed by atoms with Crippen LogP contribution in [0.1, 0.15) is 33.7 Å². The number of benzene rings is 1. The highest BCUT2D eigenvalue weighted by molar-refractivity contribution is 6.30. The fourth-order valence-corrected chi connectivity index (χ4v) is 2.49. The first-order valence-electron chi connectivity index (χ1n) is 8.44. The third-order valence-corrected chi connectivity index (χ3v) is 4.04. The van der Waals surface area contributed by atoms with Crippen molar-refractivity contribution in [3.63, 3.8) is 0 Å². The van der Waals surface area contributed by atoms with Gasteiger partial charge in [0.05, 0.1) is 12.8 Å². The molecule has 3 aromatic rings. The molecule has 1 N–H and O–H groups in total. The topological polar surface area (TPSA) is 95.6 Å². The quantitative estimate of drug-likeness (QED) is 0.603. The summed E-state index contributed by atoms with van der Waals surface area (Å²) in [5.41, 5.74) is 0.268. The highest BCUT2D eigenvalue weighted by atomic mass is 35.5. The van der Waals surface area contributed by atoms with E-state index in [1.165, 1.54) is 17.9 Å². The molecule has 0 atom stereocenters. The average molecular weight is 404 g/mol. The second-order valence-corrected chi connectivity index (χ2v) is 6.14. The molecule has 1 amide bonds. The molecule has 1 aromatic carbocycles. The van der Waals surface area contributed by atoms with E-state index in [1.807, 2.05) is 6.92 Å². The van der Waals surface area contributed by atoms with Crippen molar-refractivity contribution in [2.45, 2.75) is 20.1 Å². The van der Waals surface area contributed by atoms with Crippen molar-refractivity contribution in [1.29, 1.82) is 0 Å². The number of aryl methyl sites for hydroxylation is 1. The number of hydrogen-bond donors (Lipinski definition) is 1. The molecular weight excluding hydrogens is 386 g/mol. The Bertz CT molecular complexity index is 978. The van der Waals surface area contributed by atoms with E-state index in [1.54, 1.807) is 36.5 Å². The van der Waals surface area contributed by atoms with Crippen LogP contribution in [0.25, 0.3) is 0 Å². The van der Waals surface area contributed by atoms with Crippen molar-refractivity contribution in [2.75, 3.05) is 12.4 Å². The van der Waals surface area contributed by atoms with Gasteiger partial charge in [0.25, 0.3) is 5.91 Å². The number of amides is 1. The molecule has 0 radical (unpaired) electrons. The number of anilines is 1. The van der Waals surface area contributed by atoms with E-state index >= 15 is 0 Å². The lowest BCUT2D eigenvalue weighted by atomic mass is 10.3. The Morgan fingerprint density at radius 2 is 1.96 bits per heavy atom. The van der Waals surface area contributed by atoms with Crippen molar-refractivity contribution in [3.05, 3.63) is 64.8 Å². The van der Waals surface area contributed by atoms with Crippen LogP contribution in [-0.2, 0) is 17.9 Å². The van der Waals surface area contributed by atoms with Crippen LogP contribution in [0.3, 0.4) is 0 Å². The van der Waals surface area contributed by atoms with Crippen LogP contribution < -0.4 is 10.1 Å². The highest BCUT2D eigenvalue weighted by Crippen LogP contribution is 2.19. The van der Waals surface area contributed by atoms with Crippen molar-refractivity contribution < 1.29 is 23.5 Å². The fraction of sp³-hybridized carbons (Fsp3) is 0.211. The number of carbonyl (C=O) groups excluding carboxylic acids is 2. The third kappa shape index (κ3) is 4.52. The monoisotopic (exact) mass is 403 g/mol. The lowest BCUT2D eigenvalue weighted by Gasteiger charge is -2.04.